The minimum atomic E-state index is -0.203. The van der Waals surface area contributed by atoms with Crippen LogP contribution >= 0.6 is 0 Å². The Morgan fingerprint density at radius 2 is 1.82 bits per heavy atom. The predicted octanol–water partition coefficient (Wildman–Crippen LogP) is 4.40. The largest absolute Gasteiger partial charge is 0.326 e. The fourth-order valence-corrected chi connectivity index (χ4v) is 2.82. The lowest BCUT2D eigenvalue weighted by molar-refractivity contribution is 0.0977. The van der Waals surface area contributed by atoms with Crippen LogP contribution in [0.1, 0.15) is 32.6 Å². The van der Waals surface area contributed by atoms with Crippen molar-refractivity contribution in [3.63, 3.8) is 0 Å². The van der Waals surface area contributed by atoms with Crippen LogP contribution in [0, 0.1) is 20.8 Å². The topological polar surface area (TPSA) is 66.4 Å². The molecule has 0 atom stereocenters. The normalized spacial score (nSPS) is 11.2. The number of guanidine groups is 1. The van der Waals surface area contributed by atoms with E-state index in [4.69, 9.17) is 0 Å². The highest BCUT2D eigenvalue weighted by molar-refractivity contribution is 6.10. The summed E-state index contributed by atoms with van der Waals surface area (Å²) in [6.07, 6.45) is 3.49. The summed E-state index contributed by atoms with van der Waals surface area (Å²) >= 11 is 0. The van der Waals surface area contributed by atoms with Gasteiger partial charge in [0, 0.05) is 23.6 Å². The summed E-state index contributed by atoms with van der Waals surface area (Å²) in [5.41, 5.74) is 5.76. The van der Waals surface area contributed by atoms with Gasteiger partial charge in [-0.1, -0.05) is 41.5 Å². The Bertz CT molecular complexity index is 996. The molecule has 0 aliphatic carbocycles. The Morgan fingerprint density at radius 1 is 1.00 bits per heavy atom. The molecule has 1 amide bonds. The number of aryl methyl sites for hydroxylation is 3. The number of aliphatic imine (C=N–C) groups is 1. The molecule has 0 unspecified atom stereocenters. The molecule has 0 bridgehead atoms. The van der Waals surface area contributed by atoms with Gasteiger partial charge in [-0.3, -0.25) is 15.1 Å². The Kier molecular flexibility index (Phi) is 6.17. The first-order chi connectivity index (χ1) is 13.5. The highest BCUT2D eigenvalue weighted by Gasteiger charge is 2.10. The van der Waals surface area contributed by atoms with E-state index < -0.39 is 0 Å². The average molecular weight is 372 g/mol. The molecule has 3 rings (SSSR count). The highest BCUT2D eigenvalue weighted by atomic mass is 16.1. The average Bonchev–Trinajstić information content (AvgIpc) is 2.69. The molecule has 0 saturated carbocycles. The second kappa shape index (κ2) is 8.95. The lowest BCUT2D eigenvalue weighted by Gasteiger charge is -2.14. The molecule has 3 aromatic rings. The van der Waals surface area contributed by atoms with Crippen LogP contribution < -0.4 is 10.6 Å². The molecule has 0 saturated heterocycles. The third-order valence-electron chi connectivity index (χ3n) is 4.29. The van der Waals surface area contributed by atoms with Gasteiger partial charge in [-0.05, 0) is 56.2 Å². The number of rotatable bonds is 4. The lowest BCUT2D eigenvalue weighted by atomic mass is 10.1. The first-order valence-electron chi connectivity index (χ1n) is 9.17. The number of nitrogens with one attached hydrogen (secondary N) is 2. The Morgan fingerprint density at radius 3 is 2.54 bits per heavy atom. The Hall–Kier alpha value is -3.47. The number of benzene rings is 2. The van der Waals surface area contributed by atoms with Crippen molar-refractivity contribution in [2.24, 2.45) is 4.99 Å². The molecule has 1 aromatic heterocycles. The second-order valence-corrected chi connectivity index (χ2v) is 6.79. The fraction of sp³-hybridized carbons (Fsp3) is 0.174. The third kappa shape index (κ3) is 5.27. The maximum absolute atomic E-state index is 12.7. The summed E-state index contributed by atoms with van der Waals surface area (Å²) in [6, 6.07) is 17.4. The predicted molar refractivity (Wildman–Crippen MR) is 114 cm³/mol. The molecule has 28 heavy (non-hydrogen) atoms. The van der Waals surface area contributed by atoms with Crippen LogP contribution in [0.4, 0.5) is 5.69 Å². The van der Waals surface area contributed by atoms with E-state index in [1.165, 1.54) is 5.56 Å². The van der Waals surface area contributed by atoms with E-state index in [1.807, 2.05) is 63.2 Å². The molecule has 2 N–H and O–H groups in total. The summed E-state index contributed by atoms with van der Waals surface area (Å²) in [5, 5.41) is 6.16. The Balaban J connectivity index is 1.84. The number of carbonyl (C=O) groups is 1. The SMILES string of the molecule is Cc1cccc(C(=O)NC(=NCc2cccnc2)Nc2ccc(C)cc2C)c1. The number of carbonyl (C=O) groups excluding carboxylic acids is 1. The van der Waals surface area contributed by atoms with E-state index in [9.17, 15) is 4.79 Å². The van der Waals surface area contributed by atoms with Crippen LogP contribution in [-0.4, -0.2) is 16.9 Å². The molecular formula is C23H24N4O. The number of hydrogen-bond donors (Lipinski definition) is 2. The quantitative estimate of drug-likeness (QED) is 0.527. The first kappa shape index (κ1) is 19.3. The Labute approximate surface area is 165 Å². The van der Waals surface area contributed by atoms with Crippen LogP contribution in [0.3, 0.4) is 0 Å². The number of hydrogen-bond acceptors (Lipinski definition) is 3. The van der Waals surface area contributed by atoms with Crippen LogP contribution in [-0.2, 0) is 6.54 Å². The molecule has 2 aromatic carbocycles. The first-order valence-corrected chi connectivity index (χ1v) is 9.17. The monoisotopic (exact) mass is 372 g/mol. The van der Waals surface area contributed by atoms with Crippen molar-refractivity contribution in [2.75, 3.05) is 5.32 Å². The maximum atomic E-state index is 12.7. The van der Waals surface area contributed by atoms with Gasteiger partial charge in [0.1, 0.15) is 0 Å². The van der Waals surface area contributed by atoms with Crippen molar-refractivity contribution in [3.05, 3.63) is 94.8 Å². The zero-order valence-electron chi connectivity index (χ0n) is 16.4. The van der Waals surface area contributed by atoms with E-state index in [-0.39, 0.29) is 5.91 Å². The van der Waals surface area contributed by atoms with Gasteiger partial charge >= 0.3 is 0 Å². The molecule has 0 fully saturated rings. The highest BCUT2D eigenvalue weighted by Crippen LogP contribution is 2.16. The molecule has 5 heteroatoms. The second-order valence-electron chi connectivity index (χ2n) is 6.79. The summed E-state index contributed by atoms with van der Waals surface area (Å²) in [6.45, 7) is 6.45. The molecule has 0 aliphatic heterocycles. The molecule has 0 radical (unpaired) electrons. The van der Waals surface area contributed by atoms with E-state index in [0.29, 0.717) is 18.1 Å². The zero-order valence-corrected chi connectivity index (χ0v) is 16.4. The third-order valence-corrected chi connectivity index (χ3v) is 4.29. The molecule has 142 valence electrons. The van der Waals surface area contributed by atoms with E-state index in [2.05, 4.69) is 26.7 Å². The molecule has 0 spiro atoms. The van der Waals surface area contributed by atoms with E-state index in [1.54, 1.807) is 18.5 Å². The van der Waals surface area contributed by atoms with Crippen molar-refractivity contribution >= 4 is 17.6 Å². The van der Waals surface area contributed by atoms with Gasteiger partial charge in [0.15, 0.2) is 0 Å². The zero-order chi connectivity index (χ0) is 19.9. The van der Waals surface area contributed by atoms with Crippen LogP contribution in [0.15, 0.2) is 72.0 Å². The van der Waals surface area contributed by atoms with Crippen molar-refractivity contribution in [2.45, 2.75) is 27.3 Å². The van der Waals surface area contributed by atoms with Gasteiger partial charge in [-0.15, -0.1) is 0 Å². The number of pyridine rings is 1. The van der Waals surface area contributed by atoms with Gasteiger partial charge in [-0.2, -0.15) is 0 Å². The number of nitrogens with zero attached hydrogens (tertiary/aromatic N) is 2. The molecule has 0 aliphatic rings. The van der Waals surface area contributed by atoms with Crippen LogP contribution in [0.25, 0.3) is 0 Å². The van der Waals surface area contributed by atoms with Crippen LogP contribution in [0.5, 0.6) is 0 Å². The standard InChI is InChI=1S/C23H24N4O/c1-16-6-4-8-20(13-16)22(28)27-23(25-15-19-7-5-11-24-14-19)26-21-10-9-17(2)12-18(21)3/h4-14H,15H2,1-3H3,(H2,25,26,27,28). The maximum Gasteiger partial charge on any atom is 0.257 e. The van der Waals surface area contributed by atoms with Gasteiger partial charge in [0.25, 0.3) is 5.91 Å². The van der Waals surface area contributed by atoms with Crippen molar-refractivity contribution in [1.82, 2.24) is 10.3 Å². The minimum absolute atomic E-state index is 0.203. The summed E-state index contributed by atoms with van der Waals surface area (Å²) in [5.74, 6) is 0.202. The van der Waals surface area contributed by atoms with Gasteiger partial charge in [-0.25, -0.2) is 4.99 Å². The molecular weight excluding hydrogens is 348 g/mol. The summed E-state index contributed by atoms with van der Waals surface area (Å²) in [7, 11) is 0. The van der Waals surface area contributed by atoms with Gasteiger partial charge in [0.2, 0.25) is 5.96 Å². The summed E-state index contributed by atoms with van der Waals surface area (Å²) < 4.78 is 0. The molecule has 1 heterocycles. The number of anilines is 1. The van der Waals surface area contributed by atoms with E-state index >= 15 is 0 Å². The summed E-state index contributed by atoms with van der Waals surface area (Å²) in [4.78, 5) is 21.4. The fourth-order valence-electron chi connectivity index (χ4n) is 2.82. The minimum Gasteiger partial charge on any atom is -0.326 e. The van der Waals surface area contributed by atoms with Gasteiger partial charge in [0.05, 0.1) is 6.54 Å². The number of aromatic nitrogens is 1. The molecule has 5 nitrogen and oxygen atoms in total. The van der Waals surface area contributed by atoms with E-state index in [0.717, 1.165) is 22.4 Å². The van der Waals surface area contributed by atoms with Crippen molar-refractivity contribution < 1.29 is 4.79 Å². The van der Waals surface area contributed by atoms with Gasteiger partial charge < -0.3 is 5.32 Å². The number of amides is 1. The van der Waals surface area contributed by atoms with Crippen molar-refractivity contribution in [3.8, 4) is 0 Å². The van der Waals surface area contributed by atoms with Crippen LogP contribution in [0.2, 0.25) is 0 Å². The lowest BCUT2D eigenvalue weighted by Crippen LogP contribution is -2.36. The smallest absolute Gasteiger partial charge is 0.257 e. The van der Waals surface area contributed by atoms with Crippen molar-refractivity contribution in [1.29, 1.82) is 0 Å².